The molecule has 1 atom stereocenters. The third-order valence-electron chi connectivity index (χ3n) is 3.53. The molecule has 0 fully saturated rings. The minimum atomic E-state index is -0.678. The van der Waals surface area contributed by atoms with Crippen molar-refractivity contribution in [3.63, 3.8) is 0 Å². The minimum Gasteiger partial charge on any atom is -0.396 e. The zero-order valence-electron chi connectivity index (χ0n) is 12.6. The van der Waals surface area contributed by atoms with Gasteiger partial charge in [0.05, 0.1) is 19.3 Å². The predicted octanol–water partition coefficient (Wildman–Crippen LogP) is 1.08. The Morgan fingerprint density at radius 3 is 2.57 bits per heavy atom. The number of nitrogens with one attached hydrogen (secondary N) is 1. The van der Waals surface area contributed by atoms with Crippen LogP contribution in [0.5, 0.6) is 0 Å². The molecule has 1 unspecified atom stereocenters. The molecular formula is C15H23FN2O3. The fourth-order valence-corrected chi connectivity index (χ4v) is 1.90. The largest absolute Gasteiger partial charge is 0.396 e. The van der Waals surface area contributed by atoms with E-state index in [4.69, 9.17) is 0 Å². The molecule has 21 heavy (non-hydrogen) atoms. The van der Waals surface area contributed by atoms with E-state index in [0.29, 0.717) is 12.2 Å². The summed E-state index contributed by atoms with van der Waals surface area (Å²) in [6, 6.07) is 5.20. The van der Waals surface area contributed by atoms with Crippen molar-refractivity contribution in [3.05, 3.63) is 30.1 Å². The summed E-state index contributed by atoms with van der Waals surface area (Å²) in [5, 5.41) is 21.2. The number of aliphatic hydroxyl groups excluding tert-OH is 2. The normalized spacial score (nSPS) is 13.3. The summed E-state index contributed by atoms with van der Waals surface area (Å²) in [7, 11) is 1.74. The van der Waals surface area contributed by atoms with Crippen LogP contribution in [0.3, 0.4) is 0 Å². The molecule has 118 valence electrons. The van der Waals surface area contributed by atoms with Gasteiger partial charge in [-0.15, -0.1) is 0 Å². The van der Waals surface area contributed by atoms with Gasteiger partial charge in [0, 0.05) is 17.6 Å². The summed E-state index contributed by atoms with van der Waals surface area (Å²) < 4.78 is 13.1. The Hall–Kier alpha value is -1.50. The number of carbonyl (C=O) groups is 1. The van der Waals surface area contributed by atoms with Crippen LogP contribution in [0, 0.1) is 11.2 Å². The predicted molar refractivity (Wildman–Crippen MR) is 79.4 cm³/mol. The summed E-state index contributed by atoms with van der Waals surface area (Å²) in [5.74, 6) is -0.691. The van der Waals surface area contributed by atoms with E-state index in [1.807, 2.05) is 0 Å². The van der Waals surface area contributed by atoms with Crippen molar-refractivity contribution in [1.82, 2.24) is 4.90 Å². The molecule has 0 spiro atoms. The molecule has 5 nitrogen and oxygen atoms in total. The van der Waals surface area contributed by atoms with Crippen LogP contribution < -0.4 is 5.32 Å². The number of hydrogen-bond donors (Lipinski definition) is 3. The zero-order valence-corrected chi connectivity index (χ0v) is 12.6. The van der Waals surface area contributed by atoms with E-state index in [-0.39, 0.29) is 19.1 Å². The van der Waals surface area contributed by atoms with Gasteiger partial charge in [0.25, 0.3) is 0 Å². The van der Waals surface area contributed by atoms with Gasteiger partial charge in [-0.2, -0.15) is 0 Å². The molecule has 0 bridgehead atoms. The van der Waals surface area contributed by atoms with E-state index >= 15 is 0 Å². The molecule has 0 aromatic heterocycles. The number of nitrogens with zero attached hydrogens (tertiary/aromatic N) is 1. The molecule has 0 radical (unpaired) electrons. The van der Waals surface area contributed by atoms with Crippen molar-refractivity contribution in [3.8, 4) is 0 Å². The first-order valence-electron chi connectivity index (χ1n) is 6.80. The summed E-state index contributed by atoms with van der Waals surface area (Å²) in [4.78, 5) is 13.9. The molecule has 3 N–H and O–H groups in total. The van der Waals surface area contributed by atoms with E-state index in [1.165, 1.54) is 18.2 Å². The standard InChI is InChI=1S/C15H23FN2O3/c1-11(18(3)8-15(2,9-19)10-20)14(21)17-13-6-4-5-12(16)7-13/h4-7,11,19-20H,8-10H2,1-3H3,(H,17,21). The van der Waals surface area contributed by atoms with Gasteiger partial charge >= 0.3 is 0 Å². The SMILES string of the molecule is CC(C(=O)Nc1cccc(F)c1)N(C)CC(C)(CO)CO. The lowest BCUT2D eigenvalue weighted by Crippen LogP contribution is -2.46. The lowest BCUT2D eigenvalue weighted by Gasteiger charge is -2.33. The summed E-state index contributed by atoms with van der Waals surface area (Å²) in [6.07, 6.45) is 0. The lowest BCUT2D eigenvalue weighted by atomic mass is 9.92. The highest BCUT2D eigenvalue weighted by Gasteiger charge is 2.28. The molecule has 0 aliphatic rings. The van der Waals surface area contributed by atoms with Crippen LogP contribution in [0.25, 0.3) is 0 Å². The highest BCUT2D eigenvalue weighted by Crippen LogP contribution is 2.17. The Morgan fingerprint density at radius 1 is 1.43 bits per heavy atom. The van der Waals surface area contributed by atoms with E-state index in [2.05, 4.69) is 5.32 Å². The lowest BCUT2D eigenvalue weighted by molar-refractivity contribution is -0.121. The van der Waals surface area contributed by atoms with Gasteiger partial charge in [-0.05, 0) is 32.2 Å². The van der Waals surface area contributed by atoms with Crippen molar-refractivity contribution in [2.45, 2.75) is 19.9 Å². The maximum Gasteiger partial charge on any atom is 0.241 e. The Labute approximate surface area is 124 Å². The third kappa shape index (κ3) is 5.08. The number of benzene rings is 1. The maximum absolute atomic E-state index is 13.1. The topological polar surface area (TPSA) is 72.8 Å². The first-order valence-corrected chi connectivity index (χ1v) is 6.80. The molecule has 1 aromatic rings. The van der Waals surface area contributed by atoms with Crippen molar-refractivity contribution in [1.29, 1.82) is 0 Å². The van der Waals surface area contributed by atoms with Gasteiger partial charge in [0.1, 0.15) is 5.82 Å². The molecule has 1 rings (SSSR count). The second-order valence-corrected chi connectivity index (χ2v) is 5.72. The quantitative estimate of drug-likeness (QED) is 0.704. The first-order chi connectivity index (χ1) is 9.81. The zero-order chi connectivity index (χ0) is 16.0. The van der Waals surface area contributed by atoms with Crippen LogP contribution in [-0.4, -0.2) is 53.9 Å². The van der Waals surface area contributed by atoms with Crippen LogP contribution >= 0.6 is 0 Å². The van der Waals surface area contributed by atoms with Crippen molar-refractivity contribution >= 4 is 11.6 Å². The molecule has 1 amide bonds. The van der Waals surface area contributed by atoms with Crippen LogP contribution in [0.2, 0.25) is 0 Å². The van der Waals surface area contributed by atoms with Crippen molar-refractivity contribution in [2.75, 3.05) is 32.1 Å². The number of amides is 1. The number of carbonyl (C=O) groups excluding carboxylic acids is 1. The van der Waals surface area contributed by atoms with E-state index in [0.717, 1.165) is 0 Å². The van der Waals surface area contributed by atoms with Gasteiger partial charge in [0.15, 0.2) is 0 Å². The fourth-order valence-electron chi connectivity index (χ4n) is 1.90. The summed E-state index contributed by atoms with van der Waals surface area (Å²) in [5.41, 5.74) is -0.283. The van der Waals surface area contributed by atoms with E-state index in [1.54, 1.807) is 31.9 Å². The van der Waals surface area contributed by atoms with Gasteiger partial charge in [-0.3, -0.25) is 9.69 Å². The van der Waals surface area contributed by atoms with Crippen LogP contribution in [0.1, 0.15) is 13.8 Å². The molecule has 0 aliphatic heterocycles. The summed E-state index contributed by atoms with van der Waals surface area (Å²) >= 11 is 0. The monoisotopic (exact) mass is 298 g/mol. The molecule has 6 heteroatoms. The number of likely N-dealkylation sites (N-methyl/N-ethyl adjacent to an activating group) is 1. The number of halogens is 1. The second kappa shape index (κ2) is 7.49. The average molecular weight is 298 g/mol. The Kier molecular flexibility index (Phi) is 6.26. The minimum absolute atomic E-state index is 0.175. The average Bonchev–Trinajstić information content (AvgIpc) is 2.46. The van der Waals surface area contributed by atoms with Gasteiger partial charge < -0.3 is 15.5 Å². The van der Waals surface area contributed by atoms with Crippen molar-refractivity contribution in [2.24, 2.45) is 5.41 Å². The third-order valence-corrected chi connectivity index (χ3v) is 3.53. The molecule has 0 heterocycles. The van der Waals surface area contributed by atoms with Gasteiger partial charge in [-0.1, -0.05) is 13.0 Å². The highest BCUT2D eigenvalue weighted by atomic mass is 19.1. The smallest absolute Gasteiger partial charge is 0.241 e. The highest BCUT2D eigenvalue weighted by molar-refractivity contribution is 5.94. The molecule has 0 aliphatic carbocycles. The second-order valence-electron chi connectivity index (χ2n) is 5.72. The molecule has 0 saturated heterocycles. The Morgan fingerprint density at radius 2 is 2.05 bits per heavy atom. The van der Waals surface area contributed by atoms with Crippen LogP contribution in [0.4, 0.5) is 10.1 Å². The molecular weight excluding hydrogens is 275 g/mol. The number of aliphatic hydroxyl groups is 2. The molecule has 1 aromatic carbocycles. The number of anilines is 1. The summed E-state index contributed by atoms with van der Waals surface area (Å²) in [6.45, 7) is 3.46. The van der Waals surface area contributed by atoms with Gasteiger partial charge in [0.2, 0.25) is 5.91 Å². The van der Waals surface area contributed by atoms with E-state index in [9.17, 15) is 19.4 Å². The number of hydrogen-bond acceptors (Lipinski definition) is 4. The Balaban J connectivity index is 2.65. The van der Waals surface area contributed by atoms with E-state index < -0.39 is 17.3 Å². The first kappa shape index (κ1) is 17.6. The molecule has 0 saturated carbocycles. The number of rotatable bonds is 7. The van der Waals surface area contributed by atoms with Crippen LogP contribution in [0.15, 0.2) is 24.3 Å². The van der Waals surface area contributed by atoms with Crippen LogP contribution in [-0.2, 0) is 4.79 Å². The maximum atomic E-state index is 13.1. The fraction of sp³-hybridized carbons (Fsp3) is 0.533. The Bertz CT molecular complexity index is 478. The van der Waals surface area contributed by atoms with Gasteiger partial charge in [-0.25, -0.2) is 4.39 Å². The van der Waals surface area contributed by atoms with Crippen molar-refractivity contribution < 1.29 is 19.4 Å².